The Labute approximate surface area is 116 Å². The van der Waals surface area contributed by atoms with E-state index < -0.39 is 19.0 Å². The number of hydrogen-bond donors (Lipinski definition) is 0. The van der Waals surface area contributed by atoms with Gasteiger partial charge in [0.15, 0.2) is 0 Å². The standard InChI is InChI=1S/C13H22F4O3/c14-11(15)7-3-1-5-9-19-13(18)20-10-6-2-4-8-12(16)17/h11-12H,1-10H2. The van der Waals surface area contributed by atoms with Crippen molar-refractivity contribution in [3.05, 3.63) is 0 Å². The minimum Gasteiger partial charge on any atom is -0.434 e. The smallest absolute Gasteiger partial charge is 0.434 e. The maximum Gasteiger partial charge on any atom is 0.508 e. The molecule has 0 saturated carbocycles. The molecule has 0 aliphatic rings. The third-order valence-corrected chi connectivity index (χ3v) is 2.57. The fourth-order valence-corrected chi connectivity index (χ4v) is 1.51. The molecular weight excluding hydrogens is 280 g/mol. The van der Waals surface area contributed by atoms with Gasteiger partial charge in [0.2, 0.25) is 12.9 Å². The zero-order chi connectivity index (χ0) is 15.2. The van der Waals surface area contributed by atoms with E-state index in [4.69, 9.17) is 9.47 Å². The van der Waals surface area contributed by atoms with E-state index in [1.165, 1.54) is 0 Å². The van der Waals surface area contributed by atoms with E-state index >= 15 is 0 Å². The van der Waals surface area contributed by atoms with E-state index in [9.17, 15) is 22.4 Å². The van der Waals surface area contributed by atoms with Crippen molar-refractivity contribution in [3.63, 3.8) is 0 Å². The molecule has 0 aromatic heterocycles. The van der Waals surface area contributed by atoms with Gasteiger partial charge in [0, 0.05) is 12.8 Å². The van der Waals surface area contributed by atoms with Gasteiger partial charge >= 0.3 is 6.16 Å². The van der Waals surface area contributed by atoms with E-state index in [1.54, 1.807) is 0 Å². The van der Waals surface area contributed by atoms with Crippen LogP contribution in [0.3, 0.4) is 0 Å². The van der Waals surface area contributed by atoms with Crippen LogP contribution in [0.25, 0.3) is 0 Å². The average Bonchev–Trinajstić information content (AvgIpc) is 2.37. The van der Waals surface area contributed by atoms with Gasteiger partial charge < -0.3 is 9.47 Å². The molecule has 0 saturated heterocycles. The molecule has 0 amide bonds. The summed E-state index contributed by atoms with van der Waals surface area (Å²) in [5.74, 6) is 0. The summed E-state index contributed by atoms with van der Waals surface area (Å²) < 4.78 is 56.6. The van der Waals surface area contributed by atoms with Crippen LogP contribution < -0.4 is 0 Å². The third kappa shape index (κ3) is 15.0. The maximum absolute atomic E-state index is 11.8. The first-order valence-electron chi connectivity index (χ1n) is 6.88. The van der Waals surface area contributed by atoms with E-state index in [1.807, 2.05) is 0 Å². The summed E-state index contributed by atoms with van der Waals surface area (Å²) in [4.78, 5) is 11.0. The first kappa shape index (κ1) is 19.0. The number of carbonyl (C=O) groups is 1. The van der Waals surface area contributed by atoms with Crippen molar-refractivity contribution < 1.29 is 31.8 Å². The lowest BCUT2D eigenvalue weighted by molar-refractivity contribution is 0.0519. The Morgan fingerprint density at radius 3 is 1.45 bits per heavy atom. The van der Waals surface area contributed by atoms with Crippen LogP contribution in [0.5, 0.6) is 0 Å². The number of hydrogen-bond acceptors (Lipinski definition) is 3. The van der Waals surface area contributed by atoms with Crippen molar-refractivity contribution in [3.8, 4) is 0 Å². The van der Waals surface area contributed by atoms with Gasteiger partial charge in [-0.25, -0.2) is 22.4 Å². The van der Waals surface area contributed by atoms with Crippen molar-refractivity contribution in [1.29, 1.82) is 0 Å². The van der Waals surface area contributed by atoms with Gasteiger partial charge in [0.25, 0.3) is 0 Å². The highest BCUT2D eigenvalue weighted by Crippen LogP contribution is 2.08. The summed E-state index contributed by atoms with van der Waals surface area (Å²) in [6, 6.07) is 0. The monoisotopic (exact) mass is 302 g/mol. The fourth-order valence-electron chi connectivity index (χ4n) is 1.51. The van der Waals surface area contributed by atoms with Crippen LogP contribution in [0.2, 0.25) is 0 Å². The van der Waals surface area contributed by atoms with Crippen molar-refractivity contribution in [2.75, 3.05) is 13.2 Å². The second-order valence-corrected chi connectivity index (χ2v) is 4.43. The molecule has 0 aromatic carbocycles. The molecule has 0 unspecified atom stereocenters. The van der Waals surface area contributed by atoms with Gasteiger partial charge in [-0.1, -0.05) is 0 Å². The van der Waals surface area contributed by atoms with Crippen LogP contribution in [0, 0.1) is 0 Å². The molecule has 0 aliphatic carbocycles. The lowest BCUT2D eigenvalue weighted by Crippen LogP contribution is -2.09. The molecule has 0 aromatic rings. The Bertz CT molecular complexity index is 216. The zero-order valence-electron chi connectivity index (χ0n) is 11.5. The highest BCUT2D eigenvalue weighted by atomic mass is 19.3. The molecular formula is C13H22F4O3. The Balaban J connectivity index is 3.21. The van der Waals surface area contributed by atoms with Crippen LogP contribution in [0.4, 0.5) is 22.4 Å². The van der Waals surface area contributed by atoms with E-state index in [0.29, 0.717) is 38.5 Å². The van der Waals surface area contributed by atoms with E-state index in [0.717, 1.165) is 0 Å². The van der Waals surface area contributed by atoms with Crippen molar-refractivity contribution in [1.82, 2.24) is 0 Å². The van der Waals surface area contributed by atoms with Gasteiger partial charge in [0.1, 0.15) is 0 Å². The first-order chi connectivity index (χ1) is 9.52. The largest absolute Gasteiger partial charge is 0.508 e. The maximum atomic E-state index is 11.8. The van der Waals surface area contributed by atoms with Crippen LogP contribution in [-0.2, 0) is 9.47 Å². The third-order valence-electron chi connectivity index (χ3n) is 2.57. The lowest BCUT2D eigenvalue weighted by atomic mass is 10.2. The highest BCUT2D eigenvalue weighted by Gasteiger charge is 2.05. The SMILES string of the molecule is O=C(OCCCCCC(F)F)OCCCCCC(F)F. The number of halogens is 4. The Kier molecular flexibility index (Phi) is 12.3. The van der Waals surface area contributed by atoms with E-state index in [2.05, 4.69) is 0 Å². The summed E-state index contributed by atoms with van der Waals surface area (Å²) in [6.07, 6.45) is -2.64. The molecule has 3 nitrogen and oxygen atoms in total. The fraction of sp³-hybridized carbons (Fsp3) is 0.923. The van der Waals surface area contributed by atoms with E-state index in [-0.39, 0.29) is 26.1 Å². The number of ether oxygens (including phenoxy) is 2. The predicted octanol–water partition coefficient (Wildman–Crippen LogP) is 4.79. The number of unbranched alkanes of at least 4 members (excludes halogenated alkanes) is 4. The molecule has 120 valence electrons. The number of rotatable bonds is 12. The summed E-state index contributed by atoms with van der Waals surface area (Å²) >= 11 is 0. The van der Waals surface area contributed by atoms with Crippen LogP contribution in [0.15, 0.2) is 0 Å². The Morgan fingerprint density at radius 1 is 0.700 bits per heavy atom. The quantitative estimate of drug-likeness (QED) is 0.295. The Hall–Kier alpha value is -1.01. The molecule has 7 heteroatoms. The first-order valence-corrected chi connectivity index (χ1v) is 6.88. The normalized spacial score (nSPS) is 11.1. The summed E-state index contributed by atoms with van der Waals surface area (Å²) in [5.41, 5.74) is 0. The van der Waals surface area contributed by atoms with Gasteiger partial charge in [-0.15, -0.1) is 0 Å². The van der Waals surface area contributed by atoms with Crippen LogP contribution >= 0.6 is 0 Å². The van der Waals surface area contributed by atoms with Crippen LogP contribution in [0.1, 0.15) is 51.4 Å². The molecule has 0 atom stereocenters. The van der Waals surface area contributed by atoms with Gasteiger partial charge in [-0.3, -0.25) is 0 Å². The van der Waals surface area contributed by atoms with Crippen molar-refractivity contribution in [2.45, 2.75) is 64.2 Å². The molecule has 0 radical (unpaired) electrons. The van der Waals surface area contributed by atoms with Gasteiger partial charge in [-0.2, -0.15) is 0 Å². The Morgan fingerprint density at radius 2 is 1.10 bits per heavy atom. The predicted molar refractivity (Wildman–Crippen MR) is 66.2 cm³/mol. The summed E-state index contributed by atoms with van der Waals surface area (Å²) in [7, 11) is 0. The molecule has 0 heterocycles. The highest BCUT2D eigenvalue weighted by molar-refractivity contribution is 5.59. The minimum atomic E-state index is -2.29. The van der Waals surface area contributed by atoms with Crippen LogP contribution in [-0.4, -0.2) is 32.2 Å². The number of carbonyl (C=O) groups excluding carboxylic acids is 1. The molecule has 0 spiro atoms. The summed E-state index contributed by atoms with van der Waals surface area (Å²) in [6.45, 7) is 0.293. The molecule has 0 fully saturated rings. The number of alkyl halides is 4. The second-order valence-electron chi connectivity index (χ2n) is 4.43. The lowest BCUT2D eigenvalue weighted by Gasteiger charge is -2.06. The summed E-state index contributed by atoms with van der Waals surface area (Å²) in [5, 5.41) is 0. The van der Waals surface area contributed by atoms with Crippen molar-refractivity contribution in [2.24, 2.45) is 0 Å². The molecule has 0 N–H and O–H groups in total. The van der Waals surface area contributed by atoms with Gasteiger partial charge in [0.05, 0.1) is 13.2 Å². The molecule has 0 rings (SSSR count). The molecule has 0 bridgehead atoms. The average molecular weight is 302 g/mol. The van der Waals surface area contributed by atoms with Gasteiger partial charge in [-0.05, 0) is 38.5 Å². The minimum absolute atomic E-state index is 0.136. The topological polar surface area (TPSA) is 35.5 Å². The molecule has 20 heavy (non-hydrogen) atoms. The zero-order valence-corrected chi connectivity index (χ0v) is 11.5. The second kappa shape index (κ2) is 13.0. The van der Waals surface area contributed by atoms with Crippen molar-refractivity contribution >= 4 is 6.16 Å². The molecule has 0 aliphatic heterocycles.